The van der Waals surface area contributed by atoms with Crippen LogP contribution in [0.2, 0.25) is 0 Å². The van der Waals surface area contributed by atoms with Gasteiger partial charge in [0.25, 0.3) is 0 Å². The standard InChI is InChI=1S/C21H52N6O6P2.6ClH/c22-8-4-12-26(13-5-9-23)16-20-34(28,29)32-18-2-1-3-19-33-35(30,31)21-17-27(14-6-10-24)15-7-11-25;;;;;;/h1-25H2,(H,28,29)(H,30,31);6*1H. The Bertz CT molecular complexity index is 553. The highest BCUT2D eigenvalue weighted by Crippen LogP contribution is 2.42. The summed E-state index contributed by atoms with van der Waals surface area (Å²) in [5, 5.41) is 0. The minimum Gasteiger partial charge on any atom is -0.330 e. The maximum absolute atomic E-state index is 12.3. The van der Waals surface area contributed by atoms with Gasteiger partial charge in [-0.05, 0) is 97.3 Å². The van der Waals surface area contributed by atoms with E-state index < -0.39 is 15.2 Å². The Kier molecular flexibility index (Phi) is 54.1. The molecule has 260 valence electrons. The van der Waals surface area contributed by atoms with Gasteiger partial charge >= 0.3 is 15.2 Å². The summed E-state index contributed by atoms with van der Waals surface area (Å²) >= 11 is 0. The van der Waals surface area contributed by atoms with E-state index in [1.165, 1.54) is 0 Å². The van der Waals surface area contributed by atoms with Gasteiger partial charge in [0.1, 0.15) is 0 Å². The zero-order valence-electron chi connectivity index (χ0n) is 23.9. The highest BCUT2D eigenvalue weighted by molar-refractivity contribution is 7.53. The number of rotatable bonds is 26. The molecule has 0 aliphatic carbocycles. The number of hydrogen-bond acceptors (Lipinski definition) is 10. The molecule has 2 unspecified atom stereocenters. The number of hydrogen-bond donors (Lipinski definition) is 6. The molecule has 0 spiro atoms. The van der Waals surface area contributed by atoms with Crippen molar-refractivity contribution in [2.24, 2.45) is 22.9 Å². The van der Waals surface area contributed by atoms with Crippen molar-refractivity contribution in [3.63, 3.8) is 0 Å². The zero-order chi connectivity index (χ0) is 26.4. The lowest BCUT2D eigenvalue weighted by Gasteiger charge is -2.23. The molecule has 0 radical (unpaired) electrons. The van der Waals surface area contributed by atoms with Crippen molar-refractivity contribution in [1.29, 1.82) is 0 Å². The summed E-state index contributed by atoms with van der Waals surface area (Å²) in [5.74, 6) is 0. The fourth-order valence-electron chi connectivity index (χ4n) is 3.39. The van der Waals surface area contributed by atoms with Crippen LogP contribution in [0.3, 0.4) is 0 Å². The van der Waals surface area contributed by atoms with Crippen molar-refractivity contribution >= 4 is 89.6 Å². The SMILES string of the molecule is Cl.Cl.Cl.Cl.Cl.Cl.NCCCN(CCCN)CCP(=O)(O)OCCCCCOP(=O)(O)CCN(CCCN)CCCN. The molecule has 10 N–H and O–H groups in total. The van der Waals surface area contributed by atoms with Gasteiger partial charge in [-0.25, -0.2) is 0 Å². The van der Waals surface area contributed by atoms with Gasteiger partial charge in [-0.3, -0.25) is 9.13 Å². The minimum atomic E-state index is -3.67. The van der Waals surface area contributed by atoms with Crippen LogP contribution < -0.4 is 22.9 Å². The van der Waals surface area contributed by atoms with Crippen molar-refractivity contribution in [3.8, 4) is 0 Å². The second kappa shape index (κ2) is 38.0. The molecule has 41 heavy (non-hydrogen) atoms. The van der Waals surface area contributed by atoms with E-state index in [4.69, 9.17) is 32.0 Å². The Balaban J connectivity index is -0.000000385. The zero-order valence-corrected chi connectivity index (χ0v) is 30.6. The predicted octanol–water partition coefficient (Wildman–Crippen LogP) is 3.09. The van der Waals surface area contributed by atoms with Crippen LogP contribution in [0.5, 0.6) is 0 Å². The first-order valence-electron chi connectivity index (χ1n) is 12.9. The largest absolute Gasteiger partial charge is 0.330 e. The van der Waals surface area contributed by atoms with Gasteiger partial charge in [-0.2, -0.15) is 0 Å². The predicted molar refractivity (Wildman–Crippen MR) is 186 cm³/mol. The topological polar surface area (TPSA) is 204 Å². The van der Waals surface area contributed by atoms with Crippen LogP contribution in [-0.4, -0.2) is 111 Å². The van der Waals surface area contributed by atoms with E-state index in [-0.39, 0.29) is 100.0 Å². The number of nitrogens with two attached hydrogens (primary N) is 4. The van der Waals surface area contributed by atoms with E-state index in [2.05, 4.69) is 9.80 Å². The summed E-state index contributed by atoms with van der Waals surface area (Å²) in [6.07, 6.45) is 5.22. The van der Waals surface area contributed by atoms with Crippen LogP contribution in [0.1, 0.15) is 44.9 Å². The maximum Gasteiger partial charge on any atom is 0.329 e. The quantitative estimate of drug-likeness (QED) is 0.0556. The highest BCUT2D eigenvalue weighted by atomic mass is 35.5. The first kappa shape index (κ1) is 58.3. The van der Waals surface area contributed by atoms with Gasteiger partial charge in [-0.15, -0.1) is 74.4 Å². The smallest absolute Gasteiger partial charge is 0.329 e. The van der Waals surface area contributed by atoms with Crippen LogP contribution >= 0.6 is 89.6 Å². The van der Waals surface area contributed by atoms with Crippen molar-refractivity contribution in [2.75, 3.05) is 91.0 Å². The molecule has 0 rings (SSSR count). The Morgan fingerprint density at radius 2 is 0.732 bits per heavy atom. The minimum absolute atomic E-state index is 0. The monoisotopic (exact) mass is 762 g/mol. The molecule has 0 aliphatic heterocycles. The van der Waals surface area contributed by atoms with Crippen molar-refractivity contribution < 1.29 is 28.0 Å². The Morgan fingerprint density at radius 3 is 0.976 bits per heavy atom. The number of halogens is 6. The third kappa shape index (κ3) is 37.9. The van der Waals surface area contributed by atoms with E-state index >= 15 is 0 Å². The molecule has 0 aliphatic rings. The van der Waals surface area contributed by atoms with Gasteiger partial charge in [0, 0.05) is 13.1 Å². The van der Waals surface area contributed by atoms with Crippen LogP contribution in [0.4, 0.5) is 0 Å². The average molecular weight is 765 g/mol. The molecule has 0 aromatic rings. The van der Waals surface area contributed by atoms with E-state index in [1.54, 1.807) is 0 Å². The van der Waals surface area contributed by atoms with Gasteiger partial charge < -0.3 is 51.6 Å². The summed E-state index contributed by atoms with van der Waals surface area (Å²) in [6.45, 7) is 6.61. The summed E-state index contributed by atoms with van der Waals surface area (Å²) in [7, 11) is -7.34. The molecule has 0 aromatic heterocycles. The van der Waals surface area contributed by atoms with Crippen molar-refractivity contribution in [2.45, 2.75) is 44.9 Å². The lowest BCUT2D eigenvalue weighted by molar-refractivity contribution is 0.226. The number of unbranched alkanes of at least 4 members (excludes halogenated alkanes) is 2. The molecule has 0 saturated heterocycles. The Morgan fingerprint density at radius 1 is 0.463 bits per heavy atom. The van der Waals surface area contributed by atoms with E-state index in [9.17, 15) is 18.9 Å². The molecule has 2 atom stereocenters. The molecule has 0 bridgehead atoms. The fourth-order valence-corrected chi connectivity index (χ4v) is 5.55. The third-order valence-corrected chi connectivity index (χ3v) is 8.19. The average Bonchev–Trinajstić information content (AvgIpc) is 2.82. The summed E-state index contributed by atoms with van der Waals surface area (Å²) in [5.41, 5.74) is 22.2. The van der Waals surface area contributed by atoms with Crippen LogP contribution in [0.15, 0.2) is 0 Å². The molecular weight excluding hydrogens is 707 g/mol. The summed E-state index contributed by atoms with van der Waals surface area (Å²) < 4.78 is 35.0. The Labute approximate surface area is 285 Å². The molecule has 0 fully saturated rings. The third-order valence-electron chi connectivity index (χ3n) is 5.49. The van der Waals surface area contributed by atoms with Crippen LogP contribution in [-0.2, 0) is 18.2 Å². The molecule has 0 saturated carbocycles. The van der Waals surface area contributed by atoms with E-state index in [1.807, 2.05) is 0 Å². The second-order valence-electron chi connectivity index (χ2n) is 8.70. The second-order valence-corrected chi connectivity index (χ2v) is 12.7. The molecule has 0 amide bonds. The maximum atomic E-state index is 12.3. The van der Waals surface area contributed by atoms with Crippen LogP contribution in [0, 0.1) is 0 Å². The normalized spacial score (nSPS) is 13.3. The van der Waals surface area contributed by atoms with Crippen LogP contribution in [0.25, 0.3) is 0 Å². The highest BCUT2D eigenvalue weighted by Gasteiger charge is 2.22. The van der Waals surface area contributed by atoms with Gasteiger partial charge in [0.15, 0.2) is 0 Å². The molecular formula is C21H58Cl6N6O6P2. The lowest BCUT2D eigenvalue weighted by atomic mass is 10.2. The van der Waals surface area contributed by atoms with E-state index in [0.29, 0.717) is 58.5 Å². The lowest BCUT2D eigenvalue weighted by Crippen LogP contribution is -2.31. The molecule has 0 heterocycles. The van der Waals surface area contributed by atoms with Gasteiger partial charge in [-0.1, -0.05) is 0 Å². The van der Waals surface area contributed by atoms with Crippen molar-refractivity contribution in [1.82, 2.24) is 9.80 Å². The van der Waals surface area contributed by atoms with E-state index in [0.717, 1.165) is 51.9 Å². The number of nitrogens with zero attached hydrogens (tertiary/aromatic N) is 2. The molecule has 20 heteroatoms. The first-order valence-corrected chi connectivity index (χ1v) is 16.4. The van der Waals surface area contributed by atoms with Crippen molar-refractivity contribution in [3.05, 3.63) is 0 Å². The van der Waals surface area contributed by atoms with Gasteiger partial charge in [0.05, 0.1) is 25.5 Å². The summed E-state index contributed by atoms with van der Waals surface area (Å²) in [6, 6.07) is 0. The Hall–Kier alpha value is 1.80. The molecule has 12 nitrogen and oxygen atoms in total. The summed E-state index contributed by atoms with van der Waals surface area (Å²) in [4.78, 5) is 24.3. The van der Waals surface area contributed by atoms with Gasteiger partial charge in [0.2, 0.25) is 0 Å². The first-order chi connectivity index (χ1) is 16.7. The fraction of sp³-hybridized carbons (Fsp3) is 1.00. The molecule has 0 aromatic carbocycles.